The van der Waals surface area contributed by atoms with E-state index in [2.05, 4.69) is 45.4 Å². The summed E-state index contributed by atoms with van der Waals surface area (Å²) in [7, 11) is 0. The van der Waals surface area contributed by atoms with E-state index in [9.17, 15) is 4.79 Å². The Labute approximate surface area is 189 Å². The summed E-state index contributed by atoms with van der Waals surface area (Å²) in [6.07, 6.45) is 2.45. The first-order valence-electron chi connectivity index (χ1n) is 11.3. The Morgan fingerprint density at radius 2 is 1.59 bits per heavy atom. The molecule has 0 bridgehead atoms. The summed E-state index contributed by atoms with van der Waals surface area (Å²) >= 11 is 0. The van der Waals surface area contributed by atoms with Crippen molar-refractivity contribution < 1.29 is 13.9 Å². The van der Waals surface area contributed by atoms with Crippen LogP contribution < -0.4 is 10.1 Å². The van der Waals surface area contributed by atoms with Crippen molar-refractivity contribution in [2.75, 3.05) is 39.3 Å². The number of hydrogen-bond acceptors (Lipinski definition) is 5. The van der Waals surface area contributed by atoms with Crippen LogP contribution in [0.3, 0.4) is 0 Å². The van der Waals surface area contributed by atoms with Gasteiger partial charge in [0.15, 0.2) is 5.76 Å². The highest BCUT2D eigenvalue weighted by atomic mass is 16.5. The highest BCUT2D eigenvalue weighted by molar-refractivity contribution is 5.92. The molecule has 2 aromatic carbocycles. The molecule has 1 aliphatic rings. The highest BCUT2D eigenvalue weighted by Crippen LogP contribution is 2.16. The predicted molar refractivity (Wildman–Crippen MR) is 125 cm³/mol. The second-order valence-corrected chi connectivity index (χ2v) is 8.09. The molecule has 0 saturated carbocycles. The molecule has 1 N–H and O–H groups in total. The van der Waals surface area contributed by atoms with Gasteiger partial charge in [0.05, 0.1) is 6.26 Å². The molecule has 1 fully saturated rings. The number of amides is 1. The summed E-state index contributed by atoms with van der Waals surface area (Å²) in [6, 6.07) is 22.0. The third kappa shape index (κ3) is 6.45. The van der Waals surface area contributed by atoms with Gasteiger partial charge in [0.1, 0.15) is 12.4 Å². The highest BCUT2D eigenvalue weighted by Gasteiger charge is 2.18. The van der Waals surface area contributed by atoms with Crippen LogP contribution in [0.1, 0.15) is 28.1 Å². The van der Waals surface area contributed by atoms with E-state index in [1.54, 1.807) is 6.07 Å². The summed E-state index contributed by atoms with van der Waals surface area (Å²) in [5, 5.41) is 2.98. The molecule has 1 aliphatic heterocycles. The second-order valence-electron chi connectivity index (χ2n) is 8.09. The molecular formula is C26H31N3O3. The Kier molecular flexibility index (Phi) is 7.95. The fraction of sp³-hybridized carbons (Fsp3) is 0.346. The summed E-state index contributed by atoms with van der Waals surface area (Å²) in [6.45, 7) is 7.24. The maximum absolute atomic E-state index is 12.5. The third-order valence-electron chi connectivity index (χ3n) is 5.74. The monoisotopic (exact) mass is 433 g/mol. The molecule has 0 unspecified atom stereocenters. The maximum atomic E-state index is 12.5. The van der Waals surface area contributed by atoms with Gasteiger partial charge in [-0.3, -0.25) is 9.69 Å². The summed E-state index contributed by atoms with van der Waals surface area (Å²) in [5.41, 5.74) is 2.12. The van der Waals surface area contributed by atoms with Crippen molar-refractivity contribution in [2.24, 2.45) is 0 Å². The number of rotatable bonds is 10. The van der Waals surface area contributed by atoms with Gasteiger partial charge in [0.25, 0.3) is 5.91 Å². The number of furan rings is 1. The minimum atomic E-state index is -0.186. The van der Waals surface area contributed by atoms with E-state index in [1.165, 1.54) is 11.8 Å². The zero-order chi connectivity index (χ0) is 22.0. The van der Waals surface area contributed by atoms with Crippen LogP contribution in [0.4, 0.5) is 0 Å². The molecule has 0 aliphatic carbocycles. The summed E-state index contributed by atoms with van der Waals surface area (Å²) in [4.78, 5) is 17.5. The van der Waals surface area contributed by atoms with Gasteiger partial charge < -0.3 is 19.4 Å². The number of para-hydroxylation sites is 1. The zero-order valence-corrected chi connectivity index (χ0v) is 18.4. The zero-order valence-electron chi connectivity index (χ0n) is 18.4. The largest absolute Gasteiger partial charge is 0.489 e. The van der Waals surface area contributed by atoms with Crippen LogP contribution in [-0.4, -0.2) is 55.0 Å². The molecule has 1 aromatic heterocycles. The van der Waals surface area contributed by atoms with Crippen LogP contribution in [-0.2, 0) is 13.2 Å². The topological polar surface area (TPSA) is 58.0 Å². The number of benzene rings is 2. The van der Waals surface area contributed by atoms with Crippen LogP contribution in [0.25, 0.3) is 0 Å². The molecule has 1 saturated heterocycles. The molecule has 6 heteroatoms. The van der Waals surface area contributed by atoms with Gasteiger partial charge >= 0.3 is 0 Å². The maximum Gasteiger partial charge on any atom is 0.287 e. The van der Waals surface area contributed by atoms with Crippen molar-refractivity contribution in [3.05, 3.63) is 89.9 Å². The smallest absolute Gasteiger partial charge is 0.287 e. The van der Waals surface area contributed by atoms with Crippen LogP contribution in [0.2, 0.25) is 0 Å². The van der Waals surface area contributed by atoms with Gasteiger partial charge in [-0.1, -0.05) is 48.5 Å². The molecule has 6 nitrogen and oxygen atoms in total. The van der Waals surface area contributed by atoms with Crippen molar-refractivity contribution >= 4 is 5.91 Å². The number of nitrogens with zero attached hydrogens (tertiary/aromatic N) is 2. The Hall–Kier alpha value is -3.09. The average Bonchev–Trinajstić information content (AvgIpc) is 3.32. The van der Waals surface area contributed by atoms with Gasteiger partial charge in [-0.2, -0.15) is 0 Å². The van der Waals surface area contributed by atoms with Gasteiger partial charge in [-0.05, 0) is 36.7 Å². The fourth-order valence-corrected chi connectivity index (χ4v) is 3.92. The van der Waals surface area contributed by atoms with Crippen molar-refractivity contribution in [3.63, 3.8) is 0 Å². The van der Waals surface area contributed by atoms with E-state index in [1.807, 2.05) is 30.3 Å². The van der Waals surface area contributed by atoms with Gasteiger partial charge in [0.2, 0.25) is 0 Å². The number of carbonyl (C=O) groups is 1. The first-order valence-corrected chi connectivity index (χ1v) is 11.3. The number of piperazine rings is 1. The second kappa shape index (κ2) is 11.5. The van der Waals surface area contributed by atoms with Crippen molar-refractivity contribution in [1.82, 2.24) is 15.1 Å². The molecule has 2 heterocycles. The first-order chi connectivity index (χ1) is 15.8. The fourth-order valence-electron chi connectivity index (χ4n) is 3.92. The molecule has 0 atom stereocenters. The normalized spacial score (nSPS) is 14.9. The van der Waals surface area contributed by atoms with Crippen molar-refractivity contribution in [2.45, 2.75) is 19.6 Å². The molecule has 32 heavy (non-hydrogen) atoms. The number of nitrogens with one attached hydrogen (secondary N) is 1. The Morgan fingerprint density at radius 3 is 2.34 bits per heavy atom. The lowest BCUT2D eigenvalue weighted by molar-refractivity contribution is 0.0916. The van der Waals surface area contributed by atoms with E-state index in [0.717, 1.165) is 57.0 Å². The van der Waals surface area contributed by atoms with E-state index < -0.39 is 0 Å². The van der Waals surface area contributed by atoms with E-state index in [4.69, 9.17) is 9.15 Å². The van der Waals surface area contributed by atoms with Gasteiger partial charge in [-0.15, -0.1) is 0 Å². The minimum absolute atomic E-state index is 0.186. The lowest BCUT2D eigenvalue weighted by Crippen LogP contribution is -2.46. The molecule has 0 radical (unpaired) electrons. The lowest BCUT2D eigenvalue weighted by atomic mass is 10.2. The first kappa shape index (κ1) is 22.1. The Bertz CT molecular complexity index is 951. The lowest BCUT2D eigenvalue weighted by Gasteiger charge is -2.34. The van der Waals surface area contributed by atoms with Gasteiger partial charge in [-0.25, -0.2) is 0 Å². The average molecular weight is 434 g/mol. The Balaban J connectivity index is 1.13. The van der Waals surface area contributed by atoms with Crippen LogP contribution in [0.15, 0.2) is 77.4 Å². The van der Waals surface area contributed by atoms with E-state index >= 15 is 0 Å². The molecule has 3 aromatic rings. The summed E-state index contributed by atoms with van der Waals surface area (Å²) in [5.74, 6) is 0.911. The molecular weight excluding hydrogens is 402 g/mol. The summed E-state index contributed by atoms with van der Waals surface area (Å²) < 4.78 is 11.2. The molecule has 4 rings (SSSR count). The number of ether oxygens (including phenoxy) is 1. The van der Waals surface area contributed by atoms with Crippen LogP contribution in [0, 0.1) is 0 Å². The molecule has 168 valence electrons. The number of hydrogen-bond donors (Lipinski definition) is 1. The molecule has 1 amide bonds. The third-order valence-corrected chi connectivity index (χ3v) is 5.74. The van der Waals surface area contributed by atoms with Gasteiger partial charge in [0, 0.05) is 44.8 Å². The van der Waals surface area contributed by atoms with Crippen LogP contribution >= 0.6 is 0 Å². The predicted octanol–water partition coefficient (Wildman–Crippen LogP) is 3.80. The van der Waals surface area contributed by atoms with Crippen LogP contribution in [0.5, 0.6) is 5.75 Å². The van der Waals surface area contributed by atoms with Crippen molar-refractivity contribution in [1.29, 1.82) is 0 Å². The minimum Gasteiger partial charge on any atom is -0.489 e. The van der Waals surface area contributed by atoms with E-state index in [0.29, 0.717) is 18.9 Å². The Morgan fingerprint density at radius 1 is 0.906 bits per heavy atom. The number of carbonyl (C=O) groups excluding carboxylic acids is 1. The quantitative estimate of drug-likeness (QED) is 0.493. The standard InChI is InChI=1S/C26H31N3O3/c30-26(25-23(12-19-31-25)21-32-24-10-5-2-6-11-24)27-13-7-14-28-15-17-29(18-16-28)20-22-8-3-1-4-9-22/h1-6,8-12,19H,7,13-18,20-21H2,(H,27,30). The van der Waals surface area contributed by atoms with Crippen molar-refractivity contribution in [3.8, 4) is 5.75 Å². The SMILES string of the molecule is O=C(NCCCN1CCN(Cc2ccccc2)CC1)c1occc1COc1ccccc1. The van der Waals surface area contributed by atoms with E-state index in [-0.39, 0.29) is 5.91 Å². The molecule has 0 spiro atoms.